The standard InChI is InChI=1S/C16H25N3O2S/c1-12-3-4-15(22-12)14(19-7-9-21-10-8-19)11-17-13-5-6-18(2)16(13)20/h3-4,13-14,17H,5-11H2,1-2H3/t13-,14-/m0/s1. The summed E-state index contributed by atoms with van der Waals surface area (Å²) in [7, 11) is 1.88. The van der Waals surface area contributed by atoms with Crippen LogP contribution in [0.15, 0.2) is 12.1 Å². The number of thiophene rings is 1. The maximum absolute atomic E-state index is 12.1. The van der Waals surface area contributed by atoms with Crippen LogP contribution in [-0.4, -0.2) is 68.2 Å². The third-order valence-corrected chi connectivity index (χ3v) is 5.66. The lowest BCUT2D eigenvalue weighted by Gasteiger charge is -2.34. The van der Waals surface area contributed by atoms with Gasteiger partial charge in [-0.05, 0) is 25.5 Å². The second-order valence-corrected chi connectivity index (χ2v) is 7.44. The summed E-state index contributed by atoms with van der Waals surface area (Å²) >= 11 is 1.86. The molecule has 2 aliphatic rings. The maximum atomic E-state index is 12.1. The number of likely N-dealkylation sites (N-methyl/N-ethyl adjacent to an activating group) is 1. The molecule has 2 saturated heterocycles. The zero-order valence-corrected chi connectivity index (χ0v) is 14.2. The van der Waals surface area contributed by atoms with Crippen molar-refractivity contribution in [3.8, 4) is 0 Å². The molecule has 22 heavy (non-hydrogen) atoms. The van der Waals surface area contributed by atoms with Crippen LogP contribution in [-0.2, 0) is 9.53 Å². The molecule has 2 aliphatic heterocycles. The summed E-state index contributed by atoms with van der Waals surface area (Å²) in [5.41, 5.74) is 0. The Hall–Kier alpha value is -0.950. The van der Waals surface area contributed by atoms with E-state index in [4.69, 9.17) is 4.74 Å². The van der Waals surface area contributed by atoms with Crippen molar-refractivity contribution >= 4 is 17.2 Å². The van der Waals surface area contributed by atoms with Gasteiger partial charge in [0, 0.05) is 43.0 Å². The van der Waals surface area contributed by atoms with Crippen LogP contribution in [0.3, 0.4) is 0 Å². The van der Waals surface area contributed by atoms with Crippen LogP contribution in [0, 0.1) is 6.92 Å². The van der Waals surface area contributed by atoms with Crippen LogP contribution >= 0.6 is 11.3 Å². The summed E-state index contributed by atoms with van der Waals surface area (Å²) in [6.07, 6.45) is 0.911. The highest BCUT2D eigenvalue weighted by Crippen LogP contribution is 2.28. The highest BCUT2D eigenvalue weighted by molar-refractivity contribution is 7.12. The molecule has 3 heterocycles. The lowest BCUT2D eigenvalue weighted by atomic mass is 10.1. The maximum Gasteiger partial charge on any atom is 0.239 e. The zero-order chi connectivity index (χ0) is 15.5. The Morgan fingerprint density at radius 2 is 2.14 bits per heavy atom. The number of likely N-dealkylation sites (tertiary alicyclic amines) is 1. The fraction of sp³-hybridized carbons (Fsp3) is 0.688. The van der Waals surface area contributed by atoms with E-state index < -0.39 is 0 Å². The van der Waals surface area contributed by atoms with Gasteiger partial charge in [0.1, 0.15) is 0 Å². The lowest BCUT2D eigenvalue weighted by molar-refractivity contribution is -0.128. The fourth-order valence-corrected chi connectivity index (χ4v) is 4.21. The molecule has 0 saturated carbocycles. The first-order valence-electron chi connectivity index (χ1n) is 8.01. The van der Waals surface area contributed by atoms with Gasteiger partial charge in [-0.25, -0.2) is 0 Å². The largest absolute Gasteiger partial charge is 0.379 e. The molecule has 1 aromatic rings. The van der Waals surface area contributed by atoms with Crippen LogP contribution in [0.25, 0.3) is 0 Å². The van der Waals surface area contributed by atoms with Gasteiger partial charge in [-0.3, -0.25) is 9.69 Å². The highest BCUT2D eigenvalue weighted by atomic mass is 32.1. The molecule has 0 aromatic carbocycles. The van der Waals surface area contributed by atoms with Gasteiger partial charge in [0.2, 0.25) is 5.91 Å². The first-order valence-corrected chi connectivity index (χ1v) is 8.83. The van der Waals surface area contributed by atoms with Crippen molar-refractivity contribution in [3.63, 3.8) is 0 Å². The molecule has 1 amide bonds. The Kier molecular flexibility index (Phi) is 5.13. The van der Waals surface area contributed by atoms with Gasteiger partial charge in [0.15, 0.2) is 0 Å². The summed E-state index contributed by atoms with van der Waals surface area (Å²) in [6, 6.07) is 4.72. The average Bonchev–Trinajstić information content (AvgIpc) is 3.09. The van der Waals surface area contributed by atoms with Crippen LogP contribution in [0.2, 0.25) is 0 Å². The van der Waals surface area contributed by atoms with Gasteiger partial charge in [-0.15, -0.1) is 11.3 Å². The second-order valence-electron chi connectivity index (χ2n) is 6.12. The van der Waals surface area contributed by atoms with Gasteiger partial charge < -0.3 is 15.0 Å². The number of amides is 1. The van der Waals surface area contributed by atoms with Crippen molar-refractivity contribution in [1.29, 1.82) is 0 Å². The molecular weight excluding hydrogens is 298 g/mol. The Morgan fingerprint density at radius 1 is 1.36 bits per heavy atom. The number of hydrogen-bond acceptors (Lipinski definition) is 5. The van der Waals surface area contributed by atoms with E-state index >= 15 is 0 Å². The normalized spacial score (nSPS) is 24.9. The first-order chi connectivity index (χ1) is 10.6. The summed E-state index contributed by atoms with van der Waals surface area (Å²) in [4.78, 5) is 19.1. The van der Waals surface area contributed by atoms with Gasteiger partial charge in [-0.1, -0.05) is 0 Å². The number of hydrogen-bond donors (Lipinski definition) is 1. The molecule has 0 aliphatic carbocycles. The monoisotopic (exact) mass is 323 g/mol. The smallest absolute Gasteiger partial charge is 0.239 e. The number of carbonyl (C=O) groups is 1. The Balaban J connectivity index is 1.67. The van der Waals surface area contributed by atoms with Crippen molar-refractivity contribution in [2.75, 3.05) is 46.4 Å². The average molecular weight is 323 g/mol. The lowest BCUT2D eigenvalue weighted by Crippen LogP contribution is -2.46. The van der Waals surface area contributed by atoms with Crippen LogP contribution in [0.1, 0.15) is 22.2 Å². The number of nitrogens with one attached hydrogen (secondary N) is 1. The van der Waals surface area contributed by atoms with Crippen molar-refractivity contribution in [2.45, 2.75) is 25.4 Å². The Morgan fingerprint density at radius 3 is 2.73 bits per heavy atom. The van der Waals surface area contributed by atoms with E-state index in [9.17, 15) is 4.79 Å². The molecule has 2 atom stereocenters. The van der Waals surface area contributed by atoms with Crippen LogP contribution in [0.5, 0.6) is 0 Å². The molecule has 5 nitrogen and oxygen atoms in total. The Labute approximate surface area is 136 Å². The van der Waals surface area contributed by atoms with Gasteiger partial charge in [0.25, 0.3) is 0 Å². The quantitative estimate of drug-likeness (QED) is 0.886. The van der Waals surface area contributed by atoms with E-state index in [1.54, 1.807) is 0 Å². The third kappa shape index (κ3) is 3.51. The van der Waals surface area contributed by atoms with Crippen molar-refractivity contribution in [3.05, 3.63) is 21.9 Å². The number of ether oxygens (including phenoxy) is 1. The van der Waals surface area contributed by atoms with Crippen LogP contribution < -0.4 is 5.32 Å². The predicted octanol–water partition coefficient (Wildman–Crippen LogP) is 1.25. The minimum Gasteiger partial charge on any atom is -0.379 e. The molecule has 6 heteroatoms. The molecule has 122 valence electrons. The molecule has 1 aromatic heterocycles. The predicted molar refractivity (Wildman–Crippen MR) is 88.2 cm³/mol. The summed E-state index contributed by atoms with van der Waals surface area (Å²) in [5, 5.41) is 3.50. The van der Waals surface area contributed by atoms with Crippen molar-refractivity contribution < 1.29 is 9.53 Å². The number of aryl methyl sites for hydroxylation is 1. The van der Waals surface area contributed by atoms with E-state index in [-0.39, 0.29) is 11.9 Å². The summed E-state index contributed by atoms with van der Waals surface area (Å²) < 4.78 is 5.48. The molecule has 2 fully saturated rings. The fourth-order valence-electron chi connectivity index (χ4n) is 3.20. The van der Waals surface area contributed by atoms with Crippen molar-refractivity contribution in [1.82, 2.24) is 15.1 Å². The molecule has 3 rings (SSSR count). The number of rotatable bonds is 5. The Bertz CT molecular complexity index is 513. The van der Waals surface area contributed by atoms with Gasteiger partial charge in [0.05, 0.1) is 25.3 Å². The minimum absolute atomic E-state index is 0.0189. The third-order valence-electron chi connectivity index (χ3n) is 4.56. The molecule has 0 bridgehead atoms. The first kappa shape index (κ1) is 15.9. The topological polar surface area (TPSA) is 44.8 Å². The number of carbonyl (C=O) groups excluding carboxylic acids is 1. The number of morpholine rings is 1. The molecule has 1 N–H and O–H groups in total. The minimum atomic E-state index is -0.0189. The molecular formula is C16H25N3O2S. The summed E-state index contributed by atoms with van der Waals surface area (Å²) in [5.74, 6) is 0.225. The number of nitrogens with zero attached hydrogens (tertiary/aromatic N) is 2. The summed E-state index contributed by atoms with van der Waals surface area (Å²) in [6.45, 7) is 7.34. The SMILES string of the molecule is Cc1ccc([C@H](CN[C@H]2CCN(C)C2=O)N2CCOCC2)s1. The van der Waals surface area contributed by atoms with Crippen molar-refractivity contribution in [2.24, 2.45) is 0 Å². The highest BCUT2D eigenvalue weighted by Gasteiger charge is 2.31. The van der Waals surface area contributed by atoms with E-state index in [1.807, 2.05) is 23.3 Å². The van der Waals surface area contributed by atoms with E-state index in [0.29, 0.717) is 6.04 Å². The molecule has 0 spiro atoms. The van der Waals surface area contributed by atoms with Gasteiger partial charge in [-0.2, -0.15) is 0 Å². The van der Waals surface area contributed by atoms with E-state index in [2.05, 4.69) is 29.3 Å². The van der Waals surface area contributed by atoms with Gasteiger partial charge >= 0.3 is 0 Å². The molecule has 0 radical (unpaired) electrons. The van der Waals surface area contributed by atoms with E-state index in [1.165, 1.54) is 9.75 Å². The zero-order valence-electron chi connectivity index (χ0n) is 13.4. The van der Waals surface area contributed by atoms with Crippen LogP contribution in [0.4, 0.5) is 0 Å². The molecule has 0 unspecified atom stereocenters. The van der Waals surface area contributed by atoms with E-state index in [0.717, 1.165) is 45.8 Å². The second kappa shape index (κ2) is 7.08.